The summed E-state index contributed by atoms with van der Waals surface area (Å²) < 4.78 is 9.70. The SMILES string of the molecule is COC(=O)c1cccc(NC(=O)C(C)(C)NC(=O)[C@@H](CO)NC(=O)OC(C)(C)C)c1. The molecule has 0 aliphatic heterocycles. The highest BCUT2D eigenvalue weighted by Gasteiger charge is 2.33. The molecule has 0 aromatic heterocycles. The molecule has 0 saturated heterocycles. The molecule has 0 saturated carbocycles. The van der Waals surface area contributed by atoms with Gasteiger partial charge in [0.15, 0.2) is 0 Å². The first-order valence-corrected chi connectivity index (χ1v) is 9.21. The molecule has 1 atom stereocenters. The fraction of sp³-hybridized carbons (Fsp3) is 0.500. The quantitative estimate of drug-likeness (QED) is 0.482. The monoisotopic (exact) mass is 423 g/mol. The van der Waals surface area contributed by atoms with Crippen molar-refractivity contribution in [2.24, 2.45) is 0 Å². The van der Waals surface area contributed by atoms with Gasteiger partial charge in [0.25, 0.3) is 0 Å². The standard InChI is InChI=1S/C20H29N3O7/c1-19(2,3)30-18(28)22-14(11-24)15(25)23-20(4,5)17(27)21-13-9-7-8-12(10-13)16(26)29-6/h7-10,14,24H,11H2,1-6H3,(H,21,27)(H,22,28)(H,23,25)/t14-/m1/s1. The minimum absolute atomic E-state index is 0.249. The summed E-state index contributed by atoms with van der Waals surface area (Å²) >= 11 is 0. The summed E-state index contributed by atoms with van der Waals surface area (Å²) in [6, 6.07) is 4.79. The Bertz CT molecular complexity index is 800. The third-order valence-corrected chi connectivity index (χ3v) is 3.73. The van der Waals surface area contributed by atoms with Crippen LogP contribution >= 0.6 is 0 Å². The zero-order chi connectivity index (χ0) is 23.1. The van der Waals surface area contributed by atoms with Gasteiger partial charge < -0.3 is 30.5 Å². The fourth-order valence-corrected chi connectivity index (χ4v) is 2.22. The Hall–Kier alpha value is -3.14. The molecule has 4 N–H and O–H groups in total. The lowest BCUT2D eigenvalue weighted by Gasteiger charge is -2.28. The number of nitrogens with one attached hydrogen (secondary N) is 3. The number of anilines is 1. The van der Waals surface area contributed by atoms with E-state index in [0.717, 1.165) is 0 Å². The highest BCUT2D eigenvalue weighted by Crippen LogP contribution is 2.14. The number of ether oxygens (including phenoxy) is 2. The zero-order valence-corrected chi connectivity index (χ0v) is 18.0. The Morgan fingerprint density at radius 3 is 2.27 bits per heavy atom. The normalized spacial score (nSPS) is 12.4. The maximum Gasteiger partial charge on any atom is 0.408 e. The minimum Gasteiger partial charge on any atom is -0.465 e. The predicted octanol–water partition coefficient (Wildman–Crippen LogP) is 1.19. The summed E-state index contributed by atoms with van der Waals surface area (Å²) in [5, 5.41) is 16.8. The van der Waals surface area contributed by atoms with Gasteiger partial charge in [-0.15, -0.1) is 0 Å². The molecule has 1 aromatic carbocycles. The van der Waals surface area contributed by atoms with Crippen molar-refractivity contribution in [1.29, 1.82) is 0 Å². The van der Waals surface area contributed by atoms with E-state index in [0.29, 0.717) is 5.69 Å². The molecule has 0 aliphatic carbocycles. The molecule has 0 fully saturated rings. The van der Waals surface area contributed by atoms with E-state index in [-0.39, 0.29) is 5.56 Å². The van der Waals surface area contributed by atoms with Crippen molar-refractivity contribution >= 4 is 29.6 Å². The highest BCUT2D eigenvalue weighted by molar-refractivity contribution is 6.01. The molecule has 0 radical (unpaired) electrons. The number of aliphatic hydroxyl groups excluding tert-OH is 1. The van der Waals surface area contributed by atoms with Gasteiger partial charge in [0.05, 0.1) is 19.3 Å². The van der Waals surface area contributed by atoms with E-state index in [9.17, 15) is 24.3 Å². The van der Waals surface area contributed by atoms with E-state index < -0.39 is 47.7 Å². The van der Waals surface area contributed by atoms with Crippen LogP contribution in [0.2, 0.25) is 0 Å². The van der Waals surface area contributed by atoms with Gasteiger partial charge >= 0.3 is 12.1 Å². The zero-order valence-electron chi connectivity index (χ0n) is 18.0. The smallest absolute Gasteiger partial charge is 0.408 e. The van der Waals surface area contributed by atoms with Crippen LogP contribution in [-0.4, -0.2) is 59.9 Å². The average Bonchev–Trinajstić information content (AvgIpc) is 2.63. The summed E-state index contributed by atoms with van der Waals surface area (Å²) in [5.74, 6) is -1.91. The second kappa shape index (κ2) is 10.1. The van der Waals surface area contributed by atoms with Crippen LogP contribution in [-0.2, 0) is 19.1 Å². The van der Waals surface area contributed by atoms with Gasteiger partial charge in [-0.05, 0) is 52.8 Å². The van der Waals surface area contributed by atoms with Gasteiger partial charge in [0.1, 0.15) is 17.2 Å². The van der Waals surface area contributed by atoms with Crippen LogP contribution in [0.25, 0.3) is 0 Å². The third kappa shape index (κ3) is 7.70. The van der Waals surface area contributed by atoms with Gasteiger partial charge in [-0.1, -0.05) is 6.07 Å². The summed E-state index contributed by atoms with van der Waals surface area (Å²) in [7, 11) is 1.25. The molecule has 166 valence electrons. The number of carbonyl (C=O) groups excluding carboxylic acids is 4. The van der Waals surface area contributed by atoms with Crippen molar-refractivity contribution in [3.8, 4) is 0 Å². The number of hydrogen-bond acceptors (Lipinski definition) is 7. The van der Waals surface area contributed by atoms with E-state index in [1.807, 2.05) is 0 Å². The van der Waals surface area contributed by atoms with Crippen LogP contribution in [0.15, 0.2) is 24.3 Å². The second-order valence-corrected chi connectivity index (χ2v) is 8.02. The van der Waals surface area contributed by atoms with Gasteiger partial charge in [0, 0.05) is 5.69 Å². The molecule has 3 amide bonds. The van der Waals surface area contributed by atoms with Crippen molar-refractivity contribution in [1.82, 2.24) is 10.6 Å². The van der Waals surface area contributed by atoms with E-state index in [2.05, 4.69) is 20.7 Å². The number of rotatable bonds is 7. The predicted molar refractivity (Wildman–Crippen MR) is 109 cm³/mol. The van der Waals surface area contributed by atoms with E-state index in [1.54, 1.807) is 32.9 Å². The lowest BCUT2D eigenvalue weighted by Crippen LogP contribution is -2.59. The van der Waals surface area contributed by atoms with E-state index in [4.69, 9.17) is 4.74 Å². The summed E-state index contributed by atoms with van der Waals surface area (Å²) in [6.07, 6.45) is -0.876. The highest BCUT2D eigenvalue weighted by atomic mass is 16.6. The van der Waals surface area contributed by atoms with Crippen molar-refractivity contribution < 1.29 is 33.8 Å². The molecule has 10 heteroatoms. The first-order valence-electron chi connectivity index (χ1n) is 9.21. The second-order valence-electron chi connectivity index (χ2n) is 8.02. The molecule has 0 bridgehead atoms. The van der Waals surface area contributed by atoms with Crippen LogP contribution in [0.3, 0.4) is 0 Å². The van der Waals surface area contributed by atoms with Crippen LogP contribution in [0, 0.1) is 0 Å². The molecule has 1 rings (SSSR count). The fourth-order valence-electron chi connectivity index (χ4n) is 2.22. The lowest BCUT2D eigenvalue weighted by molar-refractivity contribution is -0.131. The van der Waals surface area contributed by atoms with Crippen molar-refractivity contribution in [2.75, 3.05) is 19.0 Å². The minimum atomic E-state index is -1.40. The van der Waals surface area contributed by atoms with E-state index >= 15 is 0 Å². The number of amides is 3. The Balaban J connectivity index is 2.80. The Labute approximate surface area is 175 Å². The van der Waals surface area contributed by atoms with Crippen molar-refractivity contribution in [3.63, 3.8) is 0 Å². The number of alkyl carbamates (subject to hydrolysis) is 1. The van der Waals surface area contributed by atoms with Gasteiger partial charge in [-0.25, -0.2) is 9.59 Å². The van der Waals surface area contributed by atoms with Gasteiger partial charge in [-0.2, -0.15) is 0 Å². The maximum absolute atomic E-state index is 12.6. The lowest BCUT2D eigenvalue weighted by atomic mass is 10.0. The summed E-state index contributed by atoms with van der Waals surface area (Å²) in [5.41, 5.74) is -1.60. The van der Waals surface area contributed by atoms with Crippen molar-refractivity contribution in [3.05, 3.63) is 29.8 Å². The van der Waals surface area contributed by atoms with Crippen LogP contribution in [0.1, 0.15) is 45.0 Å². The number of aliphatic hydroxyl groups is 1. The van der Waals surface area contributed by atoms with Crippen LogP contribution in [0.4, 0.5) is 10.5 Å². The number of carbonyl (C=O) groups is 4. The average molecular weight is 423 g/mol. The number of hydrogen-bond donors (Lipinski definition) is 4. The maximum atomic E-state index is 12.6. The molecule has 0 heterocycles. The molecule has 1 aromatic rings. The first-order chi connectivity index (χ1) is 13.8. The Kier molecular flexibility index (Phi) is 8.35. The molecule has 0 spiro atoms. The molecule has 30 heavy (non-hydrogen) atoms. The van der Waals surface area contributed by atoms with Gasteiger partial charge in [0.2, 0.25) is 11.8 Å². The molecule has 0 aliphatic rings. The van der Waals surface area contributed by atoms with Crippen LogP contribution < -0.4 is 16.0 Å². The van der Waals surface area contributed by atoms with E-state index in [1.165, 1.54) is 33.1 Å². The van der Waals surface area contributed by atoms with Crippen molar-refractivity contribution in [2.45, 2.75) is 51.8 Å². The molecular formula is C20H29N3O7. The Morgan fingerprint density at radius 2 is 1.73 bits per heavy atom. The number of methoxy groups -OCH3 is 1. The molecule has 10 nitrogen and oxygen atoms in total. The molecule has 0 unspecified atom stereocenters. The largest absolute Gasteiger partial charge is 0.465 e. The van der Waals surface area contributed by atoms with Gasteiger partial charge in [-0.3, -0.25) is 9.59 Å². The Morgan fingerprint density at radius 1 is 1.10 bits per heavy atom. The number of benzene rings is 1. The summed E-state index contributed by atoms with van der Waals surface area (Å²) in [4.78, 5) is 48.5. The molecular weight excluding hydrogens is 394 g/mol. The topological polar surface area (TPSA) is 143 Å². The summed E-state index contributed by atoms with van der Waals surface area (Å²) in [6.45, 7) is 7.18. The van der Waals surface area contributed by atoms with Crippen LogP contribution in [0.5, 0.6) is 0 Å². The first kappa shape index (κ1) is 24.9. The number of esters is 1. The third-order valence-electron chi connectivity index (χ3n) is 3.73.